The van der Waals surface area contributed by atoms with Crippen molar-refractivity contribution in [3.8, 4) is 5.75 Å². The van der Waals surface area contributed by atoms with Crippen LogP contribution >= 0.6 is 11.8 Å². The molecule has 0 saturated heterocycles. The number of amides is 2. The Morgan fingerprint density at radius 3 is 2.14 bits per heavy atom. The largest absolute Gasteiger partial charge is 0.494 e. The molecule has 0 aliphatic carbocycles. The molecule has 2 amide bonds. The smallest absolute Gasteiger partial charge is 0.338 e. The molecule has 3 aromatic rings. The molecule has 3 aromatic carbocycles. The van der Waals surface area contributed by atoms with Crippen LogP contribution in [-0.4, -0.2) is 31.0 Å². The van der Waals surface area contributed by atoms with Crippen LogP contribution in [0.2, 0.25) is 0 Å². The Labute approximate surface area is 214 Å². The maximum atomic E-state index is 13.5. The molecule has 1 aliphatic heterocycles. The summed E-state index contributed by atoms with van der Waals surface area (Å²) < 4.78 is 10.5. The highest BCUT2D eigenvalue weighted by atomic mass is 32.2. The number of carbonyl (C=O) groups is 3. The number of imide groups is 1. The van der Waals surface area contributed by atoms with Gasteiger partial charge in [0, 0.05) is 10.6 Å². The lowest BCUT2D eigenvalue weighted by Crippen LogP contribution is -2.32. The SMILES string of the molecule is CCOC(=O)c1ccc(N2C(=O)C(Nc3ccc(OCC)cc3)=C(Sc3ccc(C)cc3)C2=O)cc1. The number of ether oxygens (including phenoxy) is 2. The van der Waals surface area contributed by atoms with Crippen LogP contribution in [0.3, 0.4) is 0 Å². The molecule has 0 bridgehead atoms. The minimum Gasteiger partial charge on any atom is -0.494 e. The van der Waals surface area contributed by atoms with Gasteiger partial charge in [-0.25, -0.2) is 9.69 Å². The van der Waals surface area contributed by atoms with Gasteiger partial charge in [0.05, 0.1) is 24.5 Å². The number of aryl methyl sites for hydroxylation is 1. The number of nitrogens with zero attached hydrogens (tertiary/aromatic N) is 1. The Kier molecular flexibility index (Phi) is 7.75. The molecule has 1 heterocycles. The Morgan fingerprint density at radius 1 is 0.861 bits per heavy atom. The number of hydrogen-bond acceptors (Lipinski definition) is 7. The summed E-state index contributed by atoms with van der Waals surface area (Å²) in [7, 11) is 0. The van der Waals surface area contributed by atoms with Gasteiger partial charge in [0.25, 0.3) is 11.8 Å². The molecule has 0 unspecified atom stereocenters. The van der Waals surface area contributed by atoms with Gasteiger partial charge in [0.2, 0.25) is 0 Å². The fourth-order valence-electron chi connectivity index (χ4n) is 3.58. The molecule has 1 N–H and O–H groups in total. The van der Waals surface area contributed by atoms with Gasteiger partial charge in [-0.15, -0.1) is 0 Å². The quantitative estimate of drug-likeness (QED) is 0.303. The second-order valence-electron chi connectivity index (χ2n) is 7.91. The van der Waals surface area contributed by atoms with E-state index >= 15 is 0 Å². The number of nitrogens with one attached hydrogen (secondary N) is 1. The van der Waals surface area contributed by atoms with Gasteiger partial charge in [-0.2, -0.15) is 0 Å². The first-order chi connectivity index (χ1) is 17.4. The summed E-state index contributed by atoms with van der Waals surface area (Å²) in [5, 5.41) is 3.14. The second-order valence-corrected chi connectivity index (χ2v) is 9.00. The first kappa shape index (κ1) is 25.1. The summed E-state index contributed by atoms with van der Waals surface area (Å²) >= 11 is 1.23. The van der Waals surface area contributed by atoms with Gasteiger partial charge in [0.15, 0.2) is 0 Å². The van der Waals surface area contributed by atoms with Crippen LogP contribution in [0.1, 0.15) is 29.8 Å². The molecule has 8 heteroatoms. The van der Waals surface area contributed by atoms with Crippen molar-refractivity contribution in [3.63, 3.8) is 0 Å². The van der Waals surface area contributed by atoms with Crippen molar-refractivity contribution in [2.45, 2.75) is 25.7 Å². The molecule has 0 atom stereocenters. The third kappa shape index (κ3) is 5.44. The second kappa shape index (κ2) is 11.1. The highest BCUT2D eigenvalue weighted by Crippen LogP contribution is 2.38. The lowest BCUT2D eigenvalue weighted by molar-refractivity contribution is -0.120. The van der Waals surface area contributed by atoms with E-state index in [-0.39, 0.29) is 17.2 Å². The van der Waals surface area contributed by atoms with E-state index < -0.39 is 17.8 Å². The first-order valence-electron chi connectivity index (χ1n) is 11.6. The molecule has 184 valence electrons. The molecular formula is C28H26N2O5S. The molecule has 0 fully saturated rings. The number of rotatable bonds is 9. The molecule has 36 heavy (non-hydrogen) atoms. The van der Waals surface area contributed by atoms with E-state index in [9.17, 15) is 14.4 Å². The van der Waals surface area contributed by atoms with E-state index in [0.717, 1.165) is 15.4 Å². The Morgan fingerprint density at radius 2 is 1.53 bits per heavy atom. The maximum absolute atomic E-state index is 13.5. The number of benzene rings is 3. The monoisotopic (exact) mass is 502 g/mol. The molecule has 4 rings (SSSR count). The summed E-state index contributed by atoms with van der Waals surface area (Å²) in [5.74, 6) is -0.673. The standard InChI is InChI=1S/C28H26N2O5S/c1-4-34-22-14-10-20(11-15-22)29-24-25(36-23-16-6-18(3)7-17-23)27(32)30(26(24)31)21-12-8-19(9-13-21)28(33)35-5-2/h6-17,29H,4-5H2,1-3H3. The van der Waals surface area contributed by atoms with Crippen molar-refractivity contribution in [1.29, 1.82) is 0 Å². The lowest BCUT2D eigenvalue weighted by atomic mass is 10.2. The normalized spacial score (nSPS) is 13.2. The Hall–Kier alpha value is -4.04. The van der Waals surface area contributed by atoms with Crippen LogP contribution in [0.5, 0.6) is 5.75 Å². The van der Waals surface area contributed by atoms with Crippen molar-refractivity contribution in [2.75, 3.05) is 23.4 Å². The molecule has 0 radical (unpaired) electrons. The van der Waals surface area contributed by atoms with Gasteiger partial charge < -0.3 is 14.8 Å². The van der Waals surface area contributed by atoms with E-state index in [0.29, 0.717) is 29.3 Å². The molecule has 0 aromatic heterocycles. The van der Waals surface area contributed by atoms with Crippen LogP contribution < -0.4 is 15.0 Å². The van der Waals surface area contributed by atoms with Crippen LogP contribution in [-0.2, 0) is 14.3 Å². The van der Waals surface area contributed by atoms with E-state index in [1.54, 1.807) is 55.5 Å². The maximum Gasteiger partial charge on any atom is 0.338 e. The van der Waals surface area contributed by atoms with Crippen LogP contribution in [0.4, 0.5) is 11.4 Å². The lowest BCUT2D eigenvalue weighted by Gasteiger charge is -2.16. The van der Waals surface area contributed by atoms with Crippen LogP contribution in [0.25, 0.3) is 0 Å². The summed E-state index contributed by atoms with van der Waals surface area (Å²) in [4.78, 5) is 41.3. The zero-order valence-corrected chi connectivity index (χ0v) is 21.1. The number of anilines is 2. The van der Waals surface area contributed by atoms with E-state index in [1.807, 2.05) is 38.1 Å². The molecule has 1 aliphatic rings. The zero-order chi connectivity index (χ0) is 25.7. The minimum atomic E-state index is -0.479. The zero-order valence-electron chi connectivity index (χ0n) is 20.2. The van der Waals surface area contributed by atoms with Gasteiger partial charge in [-0.3, -0.25) is 9.59 Å². The highest BCUT2D eigenvalue weighted by molar-refractivity contribution is 8.04. The van der Waals surface area contributed by atoms with Gasteiger partial charge in [-0.05, 0) is 81.4 Å². The van der Waals surface area contributed by atoms with E-state index in [1.165, 1.54) is 11.8 Å². The summed E-state index contributed by atoms with van der Waals surface area (Å²) in [6.45, 7) is 6.42. The number of carbonyl (C=O) groups excluding carboxylic acids is 3. The van der Waals surface area contributed by atoms with E-state index in [4.69, 9.17) is 9.47 Å². The van der Waals surface area contributed by atoms with Crippen LogP contribution in [0.15, 0.2) is 88.3 Å². The van der Waals surface area contributed by atoms with Crippen molar-refractivity contribution >= 4 is 40.9 Å². The van der Waals surface area contributed by atoms with Crippen molar-refractivity contribution in [2.24, 2.45) is 0 Å². The number of hydrogen-bond donors (Lipinski definition) is 1. The number of esters is 1. The Balaban J connectivity index is 1.66. The topological polar surface area (TPSA) is 84.9 Å². The van der Waals surface area contributed by atoms with E-state index in [2.05, 4.69) is 5.32 Å². The number of thioether (sulfide) groups is 1. The molecule has 0 saturated carbocycles. The van der Waals surface area contributed by atoms with Gasteiger partial charge in [-0.1, -0.05) is 29.5 Å². The predicted molar refractivity (Wildman–Crippen MR) is 140 cm³/mol. The van der Waals surface area contributed by atoms with Crippen molar-refractivity contribution in [3.05, 3.63) is 94.5 Å². The summed E-state index contributed by atoms with van der Waals surface area (Å²) in [6, 6.07) is 21.1. The van der Waals surface area contributed by atoms with Crippen molar-refractivity contribution < 1.29 is 23.9 Å². The molecular weight excluding hydrogens is 476 g/mol. The fourth-order valence-corrected chi connectivity index (χ4v) is 4.51. The third-order valence-corrected chi connectivity index (χ3v) is 6.44. The average Bonchev–Trinajstić information content (AvgIpc) is 3.10. The third-order valence-electron chi connectivity index (χ3n) is 5.35. The fraction of sp³-hybridized carbons (Fsp3) is 0.179. The Bertz CT molecular complexity index is 1300. The molecule has 0 spiro atoms. The van der Waals surface area contributed by atoms with Gasteiger partial charge >= 0.3 is 5.97 Å². The average molecular weight is 503 g/mol. The predicted octanol–water partition coefficient (Wildman–Crippen LogP) is 5.56. The summed E-state index contributed by atoms with van der Waals surface area (Å²) in [5.41, 5.74) is 2.64. The van der Waals surface area contributed by atoms with Crippen molar-refractivity contribution in [1.82, 2.24) is 0 Å². The summed E-state index contributed by atoms with van der Waals surface area (Å²) in [6.07, 6.45) is 0. The highest BCUT2D eigenvalue weighted by Gasteiger charge is 2.40. The van der Waals surface area contributed by atoms with Gasteiger partial charge in [0.1, 0.15) is 16.4 Å². The molecule has 7 nitrogen and oxygen atoms in total. The minimum absolute atomic E-state index is 0.184. The first-order valence-corrected chi connectivity index (χ1v) is 12.4. The van der Waals surface area contributed by atoms with Crippen LogP contribution in [0, 0.1) is 6.92 Å².